The Hall–Kier alpha value is -1.18. The molecule has 0 radical (unpaired) electrons. The molecular weight excluding hydrogens is 289 g/mol. The molecule has 6 nitrogen and oxygen atoms in total. The number of rotatable bonds is 2. The molecule has 2 heterocycles. The molecule has 0 saturated heterocycles. The molecule has 0 spiro atoms. The number of esters is 1. The van der Waals surface area contributed by atoms with Crippen LogP contribution in [-0.2, 0) is 14.3 Å². The number of hydrogen-bond acceptors (Lipinski definition) is 6. The second kappa shape index (κ2) is 4.59. The largest absolute Gasteiger partial charge is 0.436 e. The molecule has 0 fully saturated rings. The van der Waals surface area contributed by atoms with Crippen LogP contribution in [-0.4, -0.2) is 27.5 Å². The van der Waals surface area contributed by atoms with Crippen LogP contribution in [0.25, 0.3) is 0 Å². The van der Waals surface area contributed by atoms with Gasteiger partial charge in [0.15, 0.2) is 0 Å². The molecular formula is C8H5Cl2N3O3S. The molecule has 1 amide bonds. The summed E-state index contributed by atoms with van der Waals surface area (Å²) in [5.41, 5.74) is 0. The van der Waals surface area contributed by atoms with Crippen molar-refractivity contribution in [2.45, 2.75) is 13.2 Å². The molecule has 1 unspecified atom stereocenters. The van der Waals surface area contributed by atoms with Crippen LogP contribution in [0.3, 0.4) is 0 Å². The minimum Gasteiger partial charge on any atom is -0.436 e. The van der Waals surface area contributed by atoms with Crippen molar-refractivity contribution in [3.63, 3.8) is 0 Å². The molecule has 1 atom stereocenters. The lowest BCUT2D eigenvalue weighted by atomic mass is 10.5. The van der Waals surface area contributed by atoms with Gasteiger partial charge in [-0.3, -0.25) is 9.59 Å². The molecule has 9 heteroatoms. The summed E-state index contributed by atoms with van der Waals surface area (Å²) < 4.78 is 8.69. The number of carbonyl (C=O) groups excluding carboxylic acids is 2. The van der Waals surface area contributed by atoms with Gasteiger partial charge in [0.2, 0.25) is 11.4 Å². The van der Waals surface area contributed by atoms with Crippen molar-refractivity contribution >= 4 is 51.7 Å². The fourth-order valence-electron chi connectivity index (χ4n) is 1.26. The molecule has 0 N–H and O–H groups in total. The van der Waals surface area contributed by atoms with E-state index >= 15 is 0 Å². The monoisotopic (exact) mass is 293 g/mol. The van der Waals surface area contributed by atoms with E-state index in [0.717, 1.165) is 16.4 Å². The van der Waals surface area contributed by atoms with Crippen molar-refractivity contribution in [2.75, 3.05) is 4.90 Å². The normalized spacial score (nSPS) is 20.1. The minimum absolute atomic E-state index is 0.0398. The van der Waals surface area contributed by atoms with Crippen molar-refractivity contribution in [3.05, 3.63) is 16.4 Å². The lowest BCUT2D eigenvalue weighted by molar-refractivity contribution is -0.144. The van der Waals surface area contributed by atoms with Crippen LogP contribution in [0.15, 0.2) is 16.4 Å². The second-order valence-electron chi connectivity index (χ2n) is 3.02. The Kier molecular flexibility index (Phi) is 3.32. The molecule has 1 aromatic rings. The summed E-state index contributed by atoms with van der Waals surface area (Å²) in [6, 6.07) is 0. The number of amides is 1. The highest BCUT2D eigenvalue weighted by molar-refractivity contribution is 7.09. The summed E-state index contributed by atoms with van der Waals surface area (Å²) in [5, 5.41) is 0.0326. The van der Waals surface area contributed by atoms with Gasteiger partial charge in [-0.2, -0.15) is 4.37 Å². The van der Waals surface area contributed by atoms with Gasteiger partial charge in [-0.05, 0) is 0 Å². The van der Waals surface area contributed by atoms with E-state index in [9.17, 15) is 9.59 Å². The number of nitrogens with zero attached hydrogens (tertiary/aromatic N) is 3. The van der Waals surface area contributed by atoms with Gasteiger partial charge in [-0.1, -0.05) is 23.2 Å². The predicted octanol–water partition coefficient (Wildman–Crippen LogP) is 1.46. The molecule has 1 aromatic heterocycles. The fourth-order valence-corrected chi connectivity index (χ4v) is 2.22. The Labute approximate surface area is 110 Å². The van der Waals surface area contributed by atoms with Gasteiger partial charge < -0.3 is 4.74 Å². The smallest absolute Gasteiger partial charge is 0.304 e. The van der Waals surface area contributed by atoms with Crippen molar-refractivity contribution in [1.82, 2.24) is 9.36 Å². The first-order valence-corrected chi connectivity index (χ1v) is 5.88. The van der Waals surface area contributed by atoms with Crippen LogP contribution in [0.5, 0.6) is 0 Å². The predicted molar refractivity (Wildman–Crippen MR) is 61.7 cm³/mol. The number of carbonyl (C=O) groups is 2. The number of anilines is 1. The molecule has 2 rings (SSSR count). The third-order valence-corrected chi connectivity index (χ3v) is 3.40. The summed E-state index contributed by atoms with van der Waals surface area (Å²) >= 11 is 12.5. The van der Waals surface area contributed by atoms with Crippen LogP contribution in [0.2, 0.25) is 0 Å². The Morgan fingerprint density at radius 3 is 2.82 bits per heavy atom. The van der Waals surface area contributed by atoms with E-state index in [1.807, 2.05) is 0 Å². The van der Waals surface area contributed by atoms with Gasteiger partial charge in [0.1, 0.15) is 16.4 Å². The van der Waals surface area contributed by atoms with Gasteiger partial charge in [0.25, 0.3) is 5.91 Å². The van der Waals surface area contributed by atoms with Crippen molar-refractivity contribution in [2.24, 2.45) is 0 Å². The topological polar surface area (TPSA) is 72.4 Å². The van der Waals surface area contributed by atoms with E-state index in [2.05, 4.69) is 9.36 Å². The van der Waals surface area contributed by atoms with E-state index in [0.29, 0.717) is 0 Å². The third-order valence-electron chi connectivity index (χ3n) is 1.90. The Bertz CT molecular complexity index is 502. The minimum atomic E-state index is -1.07. The lowest BCUT2D eigenvalue weighted by Crippen LogP contribution is -2.37. The number of hydrogen-bond donors (Lipinski definition) is 0. The number of aromatic nitrogens is 2. The molecule has 1 aliphatic rings. The van der Waals surface area contributed by atoms with Crippen LogP contribution < -0.4 is 4.90 Å². The zero-order valence-corrected chi connectivity index (χ0v) is 10.7. The molecule has 0 aromatic carbocycles. The van der Waals surface area contributed by atoms with E-state index in [1.165, 1.54) is 13.3 Å². The molecule has 0 bridgehead atoms. The van der Waals surface area contributed by atoms with Crippen molar-refractivity contribution < 1.29 is 14.3 Å². The molecule has 0 saturated carbocycles. The highest BCUT2D eigenvalue weighted by atomic mass is 35.5. The van der Waals surface area contributed by atoms with Gasteiger partial charge in [-0.15, -0.1) is 0 Å². The first kappa shape index (κ1) is 12.3. The molecule has 90 valence electrons. The average molecular weight is 294 g/mol. The van der Waals surface area contributed by atoms with Crippen molar-refractivity contribution in [3.8, 4) is 0 Å². The van der Waals surface area contributed by atoms with Crippen LogP contribution in [0, 0.1) is 0 Å². The van der Waals surface area contributed by atoms with Gasteiger partial charge in [0.05, 0.1) is 0 Å². The fraction of sp³-hybridized carbons (Fsp3) is 0.250. The zero-order valence-electron chi connectivity index (χ0n) is 8.39. The highest BCUT2D eigenvalue weighted by Gasteiger charge is 2.42. The van der Waals surface area contributed by atoms with E-state index in [4.69, 9.17) is 27.9 Å². The quantitative estimate of drug-likeness (QED) is 0.772. The second-order valence-corrected chi connectivity index (χ2v) is 4.57. The average Bonchev–Trinajstić information content (AvgIpc) is 2.84. The highest BCUT2D eigenvalue weighted by Crippen LogP contribution is 2.36. The molecule has 17 heavy (non-hydrogen) atoms. The number of halogens is 2. The maximum Gasteiger partial charge on any atom is 0.304 e. The third kappa shape index (κ3) is 2.13. The van der Waals surface area contributed by atoms with Crippen LogP contribution in [0.4, 0.5) is 5.13 Å². The molecule has 0 aliphatic carbocycles. The SMILES string of the molecule is CC(=O)OC1C(Cl)=C(Cl)C(=O)N1c1ncns1. The van der Waals surface area contributed by atoms with Crippen LogP contribution >= 0.6 is 34.7 Å². The van der Waals surface area contributed by atoms with Gasteiger partial charge in [0, 0.05) is 18.5 Å². The number of ether oxygens (including phenoxy) is 1. The summed E-state index contributed by atoms with van der Waals surface area (Å²) in [7, 11) is 0. The maximum atomic E-state index is 11.8. The summed E-state index contributed by atoms with van der Waals surface area (Å²) in [5.74, 6) is -1.15. The van der Waals surface area contributed by atoms with E-state index in [1.54, 1.807) is 0 Å². The molecule has 1 aliphatic heterocycles. The lowest BCUT2D eigenvalue weighted by Gasteiger charge is -2.21. The summed E-state index contributed by atoms with van der Waals surface area (Å²) in [4.78, 5) is 27.7. The standard InChI is InChI=1S/C8H5Cl2N3O3S/c1-3(14)16-7-5(10)4(9)6(15)13(7)8-11-2-12-17-8/h2,7H,1H3. The zero-order chi connectivity index (χ0) is 12.6. The van der Waals surface area contributed by atoms with Gasteiger partial charge in [-0.25, -0.2) is 9.88 Å². The Morgan fingerprint density at radius 2 is 2.29 bits per heavy atom. The summed E-state index contributed by atoms with van der Waals surface area (Å²) in [6.45, 7) is 1.21. The summed E-state index contributed by atoms with van der Waals surface area (Å²) in [6.07, 6.45) is 0.209. The Balaban J connectivity index is 2.38. The first-order chi connectivity index (χ1) is 8.02. The van der Waals surface area contributed by atoms with E-state index in [-0.39, 0.29) is 15.2 Å². The first-order valence-electron chi connectivity index (χ1n) is 4.35. The maximum absolute atomic E-state index is 11.8. The van der Waals surface area contributed by atoms with E-state index < -0.39 is 18.1 Å². The van der Waals surface area contributed by atoms with Crippen molar-refractivity contribution in [1.29, 1.82) is 0 Å². The van der Waals surface area contributed by atoms with Crippen LogP contribution in [0.1, 0.15) is 6.92 Å². The Morgan fingerprint density at radius 1 is 1.59 bits per heavy atom. The van der Waals surface area contributed by atoms with Gasteiger partial charge >= 0.3 is 5.97 Å².